The average molecular weight is 443 g/mol. The van der Waals surface area contributed by atoms with E-state index in [4.69, 9.17) is 10.5 Å². The Balaban J connectivity index is 1.54. The van der Waals surface area contributed by atoms with E-state index in [1.54, 1.807) is 12.1 Å². The molecule has 2 aromatic carbocycles. The fourth-order valence-corrected chi connectivity index (χ4v) is 4.01. The molecule has 3 N–H and O–H groups in total. The van der Waals surface area contributed by atoms with Crippen LogP contribution >= 0.6 is 0 Å². The highest BCUT2D eigenvalue weighted by Gasteiger charge is 2.43. The molecule has 1 aliphatic rings. The minimum absolute atomic E-state index is 0.0607. The van der Waals surface area contributed by atoms with Gasteiger partial charge >= 0.3 is 0 Å². The molecule has 168 valence electrons. The van der Waals surface area contributed by atoms with Crippen LogP contribution in [0.15, 0.2) is 54.7 Å². The van der Waals surface area contributed by atoms with E-state index in [2.05, 4.69) is 10.3 Å². The lowest BCUT2D eigenvalue weighted by Crippen LogP contribution is -2.52. The number of nitrogens with zero attached hydrogens (tertiary/aromatic N) is 1. The van der Waals surface area contributed by atoms with Crippen LogP contribution in [0.25, 0.3) is 10.8 Å². The quantitative estimate of drug-likeness (QED) is 0.582. The molecule has 0 saturated heterocycles. The number of alkyl halides is 3. The summed E-state index contributed by atoms with van der Waals surface area (Å²) in [5.41, 5.74) is 6.35. The lowest BCUT2D eigenvalue weighted by atomic mass is 9.82. The van der Waals surface area contributed by atoms with E-state index in [9.17, 15) is 18.0 Å². The fourth-order valence-electron chi connectivity index (χ4n) is 4.01. The smallest absolute Gasteiger partial charge is 0.250 e. The van der Waals surface area contributed by atoms with E-state index in [1.165, 1.54) is 19.2 Å². The summed E-state index contributed by atoms with van der Waals surface area (Å²) in [6, 6.07) is 13.3. The highest BCUT2D eigenvalue weighted by atomic mass is 19.2. The molecule has 1 heterocycles. The molecular weight excluding hydrogens is 419 g/mol. The van der Waals surface area contributed by atoms with E-state index in [0.29, 0.717) is 11.6 Å². The Bertz CT molecular complexity index is 1110. The lowest BCUT2D eigenvalue weighted by Gasteiger charge is -2.36. The number of amides is 1. The number of hydrogen-bond donors (Lipinski definition) is 2. The molecular formula is C24H24F3N3O2. The van der Waals surface area contributed by atoms with Gasteiger partial charge in [-0.05, 0) is 29.5 Å². The first-order valence-electron chi connectivity index (χ1n) is 10.4. The zero-order valence-electron chi connectivity index (χ0n) is 17.5. The number of carbonyl (C=O) groups is 1. The van der Waals surface area contributed by atoms with Gasteiger partial charge in [-0.3, -0.25) is 4.79 Å². The van der Waals surface area contributed by atoms with Crippen molar-refractivity contribution in [1.82, 2.24) is 10.3 Å². The number of nitrogens with one attached hydrogen (secondary N) is 1. The number of primary amides is 1. The maximum atomic E-state index is 14.4. The van der Waals surface area contributed by atoms with Crippen molar-refractivity contribution in [2.24, 2.45) is 11.7 Å². The average Bonchev–Trinajstić information content (AvgIpc) is 2.80. The van der Waals surface area contributed by atoms with Crippen LogP contribution in [-0.4, -0.2) is 35.4 Å². The molecule has 5 atom stereocenters. The van der Waals surface area contributed by atoms with E-state index in [1.807, 2.05) is 30.3 Å². The van der Waals surface area contributed by atoms with Crippen LogP contribution in [0.4, 0.5) is 13.2 Å². The maximum Gasteiger partial charge on any atom is 0.250 e. The van der Waals surface area contributed by atoms with Crippen LogP contribution in [0.1, 0.15) is 29.3 Å². The Morgan fingerprint density at radius 2 is 1.84 bits per heavy atom. The van der Waals surface area contributed by atoms with Gasteiger partial charge in [-0.15, -0.1) is 0 Å². The second-order valence-electron chi connectivity index (χ2n) is 8.11. The third kappa shape index (κ3) is 4.41. The summed E-state index contributed by atoms with van der Waals surface area (Å²) in [5.74, 6) is -0.671. The molecule has 0 aliphatic heterocycles. The second kappa shape index (κ2) is 9.16. The highest BCUT2D eigenvalue weighted by molar-refractivity contribution is 5.92. The van der Waals surface area contributed by atoms with Crippen molar-refractivity contribution in [3.63, 3.8) is 0 Å². The number of hydrogen-bond acceptors (Lipinski definition) is 4. The normalized spacial score (nSPS) is 25.6. The Labute approximate surface area is 183 Å². The predicted molar refractivity (Wildman–Crippen MR) is 116 cm³/mol. The molecule has 3 aromatic rings. The van der Waals surface area contributed by atoms with Gasteiger partial charge in [0.25, 0.3) is 0 Å². The number of rotatable bonds is 6. The number of halogens is 3. The summed E-state index contributed by atoms with van der Waals surface area (Å²) in [7, 11) is 0. The number of benzene rings is 2. The molecule has 0 spiro atoms. The lowest BCUT2D eigenvalue weighted by molar-refractivity contribution is -0.00232. The predicted octanol–water partition coefficient (Wildman–Crippen LogP) is 4.64. The monoisotopic (exact) mass is 443 g/mol. The number of nitrogens with two attached hydrogens (primary N) is 1. The Kier molecular flexibility index (Phi) is 6.32. The number of ether oxygens (including phenoxy) is 1. The van der Waals surface area contributed by atoms with Crippen LogP contribution in [0.3, 0.4) is 0 Å². The van der Waals surface area contributed by atoms with Crippen molar-refractivity contribution in [3.05, 3.63) is 65.9 Å². The molecule has 1 saturated carbocycles. The van der Waals surface area contributed by atoms with Crippen LogP contribution in [0.2, 0.25) is 0 Å². The van der Waals surface area contributed by atoms with Gasteiger partial charge in [-0.1, -0.05) is 37.3 Å². The fraction of sp³-hybridized carbons (Fsp3) is 0.333. The van der Waals surface area contributed by atoms with Crippen LogP contribution in [0.5, 0.6) is 11.6 Å². The molecule has 1 fully saturated rings. The largest absolute Gasteiger partial charge is 0.438 e. The Morgan fingerprint density at radius 1 is 1.09 bits per heavy atom. The number of pyridine rings is 1. The van der Waals surface area contributed by atoms with Gasteiger partial charge in [0.2, 0.25) is 11.8 Å². The van der Waals surface area contributed by atoms with E-state index < -0.39 is 36.4 Å². The molecule has 0 bridgehead atoms. The topological polar surface area (TPSA) is 77.2 Å². The summed E-state index contributed by atoms with van der Waals surface area (Å²) in [6.45, 7) is 1.66. The van der Waals surface area contributed by atoms with Gasteiger partial charge in [0.15, 0.2) is 0 Å². The minimum Gasteiger partial charge on any atom is -0.438 e. The van der Waals surface area contributed by atoms with Crippen molar-refractivity contribution in [2.75, 3.05) is 0 Å². The molecule has 1 aliphatic carbocycles. The molecule has 8 heteroatoms. The first-order chi connectivity index (χ1) is 15.3. The van der Waals surface area contributed by atoms with Crippen molar-refractivity contribution in [1.29, 1.82) is 0 Å². The molecule has 4 rings (SSSR count). The Hall–Kier alpha value is -3.13. The standard InChI is InChI=1S/C24H24F3N3O2/c1-13-18(25)10-19(23(27)22(13)26)29-11-14-6-8-20(17-5-3-2-4-16(14)17)32-21-9-7-15(12-30-21)24(28)31/h2-9,12-13,18-19,22-23,29H,10-11H2,1H3,(H2,28,31). The molecule has 5 nitrogen and oxygen atoms in total. The molecule has 1 amide bonds. The number of aromatic nitrogens is 1. The summed E-state index contributed by atoms with van der Waals surface area (Å²) in [6.07, 6.45) is -3.67. The molecule has 5 unspecified atom stereocenters. The molecule has 32 heavy (non-hydrogen) atoms. The molecule has 0 radical (unpaired) electrons. The zero-order chi connectivity index (χ0) is 22.8. The van der Waals surface area contributed by atoms with Gasteiger partial charge in [-0.25, -0.2) is 18.2 Å². The SMILES string of the molecule is CC1C(F)CC(NCc2ccc(Oc3ccc(C(N)=O)cn3)c3ccccc23)C(F)C1F. The summed E-state index contributed by atoms with van der Waals surface area (Å²) in [4.78, 5) is 15.3. The summed E-state index contributed by atoms with van der Waals surface area (Å²) < 4.78 is 48.4. The first-order valence-corrected chi connectivity index (χ1v) is 10.4. The van der Waals surface area contributed by atoms with Gasteiger partial charge < -0.3 is 15.8 Å². The van der Waals surface area contributed by atoms with Crippen molar-refractivity contribution >= 4 is 16.7 Å². The van der Waals surface area contributed by atoms with Gasteiger partial charge in [-0.2, -0.15) is 0 Å². The number of carbonyl (C=O) groups excluding carboxylic acids is 1. The first kappa shape index (κ1) is 22.1. The van der Waals surface area contributed by atoms with E-state index in [-0.39, 0.29) is 18.5 Å². The van der Waals surface area contributed by atoms with Crippen molar-refractivity contribution in [2.45, 2.75) is 44.4 Å². The van der Waals surface area contributed by atoms with E-state index in [0.717, 1.165) is 16.3 Å². The van der Waals surface area contributed by atoms with Gasteiger partial charge in [0.1, 0.15) is 24.3 Å². The Morgan fingerprint density at radius 3 is 2.53 bits per heavy atom. The van der Waals surface area contributed by atoms with Gasteiger partial charge in [0.05, 0.1) is 5.56 Å². The maximum absolute atomic E-state index is 14.4. The van der Waals surface area contributed by atoms with E-state index >= 15 is 0 Å². The highest BCUT2D eigenvalue weighted by Crippen LogP contribution is 2.34. The third-order valence-electron chi connectivity index (χ3n) is 6.00. The third-order valence-corrected chi connectivity index (χ3v) is 6.00. The zero-order valence-corrected chi connectivity index (χ0v) is 17.5. The van der Waals surface area contributed by atoms with Crippen LogP contribution in [-0.2, 0) is 6.54 Å². The number of fused-ring (bicyclic) bond motifs is 1. The summed E-state index contributed by atoms with van der Waals surface area (Å²) in [5, 5.41) is 4.66. The summed E-state index contributed by atoms with van der Waals surface area (Å²) >= 11 is 0. The molecule has 1 aromatic heterocycles. The van der Waals surface area contributed by atoms with Crippen LogP contribution < -0.4 is 15.8 Å². The second-order valence-corrected chi connectivity index (χ2v) is 8.11. The van der Waals surface area contributed by atoms with Crippen molar-refractivity contribution < 1.29 is 22.7 Å². The van der Waals surface area contributed by atoms with Crippen molar-refractivity contribution in [3.8, 4) is 11.6 Å². The van der Waals surface area contributed by atoms with Crippen LogP contribution in [0, 0.1) is 5.92 Å². The minimum atomic E-state index is -1.82. The van der Waals surface area contributed by atoms with Gasteiger partial charge in [0, 0.05) is 36.2 Å².